The molecule has 3 amide bonds. The molecule has 2 heterocycles. The van der Waals surface area contributed by atoms with Crippen molar-refractivity contribution in [3.05, 3.63) is 71.8 Å². The van der Waals surface area contributed by atoms with Gasteiger partial charge in [0.05, 0.1) is 18.6 Å². The van der Waals surface area contributed by atoms with Crippen LogP contribution in [0, 0.1) is 0 Å². The minimum Gasteiger partial charge on any atom is -0.448 e. The smallest absolute Gasteiger partial charge is 0.410 e. The summed E-state index contributed by atoms with van der Waals surface area (Å²) in [6.45, 7) is 2.22. The van der Waals surface area contributed by atoms with Crippen molar-refractivity contribution in [3.63, 3.8) is 0 Å². The number of ether oxygens (including phenoxy) is 1. The summed E-state index contributed by atoms with van der Waals surface area (Å²) >= 11 is 0. The Bertz CT molecular complexity index is 757. The van der Waals surface area contributed by atoms with Gasteiger partial charge in [-0.25, -0.2) is 9.59 Å². The van der Waals surface area contributed by atoms with E-state index in [-0.39, 0.29) is 24.2 Å². The Morgan fingerprint density at radius 1 is 1.00 bits per heavy atom. The molecule has 6 nitrogen and oxygen atoms in total. The second kappa shape index (κ2) is 7.70. The summed E-state index contributed by atoms with van der Waals surface area (Å²) in [7, 11) is 0. The number of urea groups is 1. The number of hydrogen-bond donors (Lipinski definition) is 1. The molecule has 0 spiro atoms. The van der Waals surface area contributed by atoms with E-state index in [9.17, 15) is 9.59 Å². The number of carbonyl (C=O) groups excluding carboxylic acids is 2. The van der Waals surface area contributed by atoms with Crippen LogP contribution in [0.2, 0.25) is 0 Å². The van der Waals surface area contributed by atoms with Crippen molar-refractivity contribution < 1.29 is 14.3 Å². The largest absolute Gasteiger partial charge is 0.448 e. The van der Waals surface area contributed by atoms with Crippen LogP contribution in [0.3, 0.4) is 0 Å². The van der Waals surface area contributed by atoms with Gasteiger partial charge < -0.3 is 15.0 Å². The van der Waals surface area contributed by atoms with Gasteiger partial charge in [0.2, 0.25) is 0 Å². The van der Waals surface area contributed by atoms with Gasteiger partial charge in [-0.3, -0.25) is 4.90 Å². The highest BCUT2D eigenvalue weighted by Gasteiger charge is 2.36. The number of benzene rings is 2. The summed E-state index contributed by atoms with van der Waals surface area (Å²) in [5.41, 5.74) is 2.08. The summed E-state index contributed by atoms with van der Waals surface area (Å²) in [6, 6.07) is 19.6. The lowest BCUT2D eigenvalue weighted by molar-refractivity contribution is 0.147. The third kappa shape index (κ3) is 3.74. The zero-order valence-electron chi connectivity index (χ0n) is 15.1. The van der Waals surface area contributed by atoms with Crippen LogP contribution in [0.25, 0.3) is 0 Å². The van der Waals surface area contributed by atoms with Crippen molar-refractivity contribution in [1.29, 1.82) is 0 Å². The van der Waals surface area contributed by atoms with Gasteiger partial charge in [0.1, 0.15) is 6.61 Å². The number of nitrogens with one attached hydrogen (secondary N) is 1. The molecule has 0 radical (unpaired) electrons. The lowest BCUT2D eigenvalue weighted by Gasteiger charge is -2.25. The van der Waals surface area contributed by atoms with E-state index in [0.29, 0.717) is 26.2 Å². The van der Waals surface area contributed by atoms with Crippen molar-refractivity contribution >= 4 is 12.1 Å². The van der Waals surface area contributed by atoms with Crippen LogP contribution in [-0.2, 0) is 4.74 Å². The Hall–Kier alpha value is -3.02. The van der Waals surface area contributed by atoms with Crippen LogP contribution >= 0.6 is 0 Å². The molecule has 2 fully saturated rings. The quantitative estimate of drug-likeness (QED) is 0.906. The number of carbonyl (C=O) groups is 2. The first-order chi connectivity index (χ1) is 13.2. The number of amides is 3. The van der Waals surface area contributed by atoms with Gasteiger partial charge in [-0.1, -0.05) is 60.7 Å². The van der Waals surface area contributed by atoms with Crippen molar-refractivity contribution in [2.24, 2.45) is 0 Å². The molecule has 0 aliphatic carbocycles. The van der Waals surface area contributed by atoms with Crippen LogP contribution in [0.15, 0.2) is 60.7 Å². The molecule has 140 valence electrons. The highest BCUT2D eigenvalue weighted by molar-refractivity contribution is 5.76. The Labute approximate surface area is 158 Å². The first kappa shape index (κ1) is 17.4. The van der Waals surface area contributed by atoms with E-state index < -0.39 is 0 Å². The fourth-order valence-corrected chi connectivity index (χ4v) is 3.78. The molecule has 1 N–H and O–H groups in total. The topological polar surface area (TPSA) is 61.9 Å². The molecule has 27 heavy (non-hydrogen) atoms. The highest BCUT2D eigenvalue weighted by atomic mass is 16.6. The molecule has 2 aromatic carbocycles. The van der Waals surface area contributed by atoms with Crippen molar-refractivity contribution in [3.8, 4) is 0 Å². The van der Waals surface area contributed by atoms with E-state index in [1.165, 1.54) is 0 Å². The summed E-state index contributed by atoms with van der Waals surface area (Å²) in [4.78, 5) is 28.2. The highest BCUT2D eigenvalue weighted by Crippen LogP contribution is 2.24. The average Bonchev–Trinajstić information content (AvgIpc) is 3.36. The fraction of sp³-hybridized carbons (Fsp3) is 0.333. The van der Waals surface area contributed by atoms with Gasteiger partial charge in [-0.2, -0.15) is 0 Å². The maximum atomic E-state index is 12.9. The third-order valence-corrected chi connectivity index (χ3v) is 5.22. The predicted molar refractivity (Wildman–Crippen MR) is 101 cm³/mol. The SMILES string of the molecule is O=C(NC(c1ccccc1)c1ccccc1)N1CCC(N2CCOC2=O)C1. The van der Waals surface area contributed by atoms with Crippen LogP contribution < -0.4 is 5.32 Å². The first-order valence-corrected chi connectivity index (χ1v) is 9.31. The molecule has 1 unspecified atom stereocenters. The predicted octanol–water partition coefficient (Wildman–Crippen LogP) is 3.01. The summed E-state index contributed by atoms with van der Waals surface area (Å²) in [5.74, 6) is 0. The minimum absolute atomic E-state index is 0.0395. The molecule has 2 aliphatic rings. The number of cyclic esters (lactones) is 1. The first-order valence-electron chi connectivity index (χ1n) is 9.31. The lowest BCUT2D eigenvalue weighted by atomic mass is 9.99. The van der Waals surface area contributed by atoms with Crippen LogP contribution in [-0.4, -0.2) is 54.2 Å². The van der Waals surface area contributed by atoms with E-state index in [4.69, 9.17) is 4.74 Å². The Kier molecular flexibility index (Phi) is 4.96. The maximum absolute atomic E-state index is 12.9. The normalized spacial score (nSPS) is 19.4. The lowest BCUT2D eigenvalue weighted by Crippen LogP contribution is -2.43. The van der Waals surface area contributed by atoms with Crippen molar-refractivity contribution in [2.45, 2.75) is 18.5 Å². The summed E-state index contributed by atoms with van der Waals surface area (Å²) in [5, 5.41) is 3.17. The van der Waals surface area contributed by atoms with Crippen molar-refractivity contribution in [2.75, 3.05) is 26.2 Å². The average molecular weight is 365 g/mol. The van der Waals surface area contributed by atoms with E-state index in [1.807, 2.05) is 60.7 Å². The Morgan fingerprint density at radius 3 is 2.19 bits per heavy atom. The summed E-state index contributed by atoms with van der Waals surface area (Å²) < 4.78 is 5.02. The van der Waals surface area contributed by atoms with E-state index in [1.54, 1.807) is 9.80 Å². The molecule has 0 bridgehead atoms. The van der Waals surface area contributed by atoms with Crippen LogP contribution in [0.5, 0.6) is 0 Å². The molecule has 2 saturated heterocycles. The van der Waals surface area contributed by atoms with Crippen LogP contribution in [0.1, 0.15) is 23.6 Å². The number of nitrogens with zero attached hydrogens (tertiary/aromatic N) is 2. The maximum Gasteiger partial charge on any atom is 0.410 e. The Morgan fingerprint density at radius 2 is 1.63 bits per heavy atom. The molecule has 1 atom stereocenters. The third-order valence-electron chi connectivity index (χ3n) is 5.22. The zero-order valence-corrected chi connectivity index (χ0v) is 15.1. The van der Waals surface area contributed by atoms with Crippen molar-refractivity contribution in [1.82, 2.24) is 15.1 Å². The molecular formula is C21H23N3O3. The Balaban J connectivity index is 1.47. The van der Waals surface area contributed by atoms with Crippen LogP contribution in [0.4, 0.5) is 9.59 Å². The van der Waals surface area contributed by atoms with E-state index in [0.717, 1.165) is 17.5 Å². The molecule has 2 aliphatic heterocycles. The van der Waals surface area contributed by atoms with Gasteiger partial charge in [-0.15, -0.1) is 0 Å². The molecule has 4 rings (SSSR count). The summed E-state index contributed by atoms with van der Waals surface area (Å²) in [6.07, 6.45) is 0.512. The standard InChI is InChI=1S/C21H23N3O3/c25-20(23-12-11-18(15-23)24-13-14-27-21(24)26)22-19(16-7-3-1-4-8-16)17-9-5-2-6-10-17/h1-10,18-19H,11-15H2,(H,22,25). The second-order valence-electron chi connectivity index (χ2n) is 6.90. The van der Waals surface area contributed by atoms with Gasteiger partial charge >= 0.3 is 12.1 Å². The molecule has 2 aromatic rings. The van der Waals surface area contributed by atoms with Gasteiger partial charge in [0.25, 0.3) is 0 Å². The number of rotatable bonds is 4. The second-order valence-corrected chi connectivity index (χ2v) is 6.90. The monoisotopic (exact) mass is 365 g/mol. The van der Waals surface area contributed by atoms with Gasteiger partial charge in [0, 0.05) is 13.1 Å². The van der Waals surface area contributed by atoms with E-state index >= 15 is 0 Å². The molecular weight excluding hydrogens is 342 g/mol. The molecule has 0 aromatic heterocycles. The van der Waals surface area contributed by atoms with Gasteiger partial charge in [-0.05, 0) is 17.5 Å². The van der Waals surface area contributed by atoms with E-state index in [2.05, 4.69) is 5.32 Å². The van der Waals surface area contributed by atoms with Gasteiger partial charge in [0.15, 0.2) is 0 Å². The zero-order chi connectivity index (χ0) is 18.6. The fourth-order valence-electron chi connectivity index (χ4n) is 3.78. The number of likely N-dealkylation sites (tertiary alicyclic amines) is 1. The minimum atomic E-state index is -0.270. The molecule has 0 saturated carbocycles. The molecule has 6 heteroatoms. The number of hydrogen-bond acceptors (Lipinski definition) is 3.